The summed E-state index contributed by atoms with van der Waals surface area (Å²) < 4.78 is 28.4. The number of hydrogen-bond acceptors (Lipinski definition) is 23. The molecule has 0 atom stereocenters. The smallest absolute Gasteiger partial charge is 0.272 e. The highest BCUT2D eigenvalue weighted by atomic mass is 35.5. The predicted molar refractivity (Wildman–Crippen MR) is 424 cm³/mol. The van der Waals surface area contributed by atoms with E-state index >= 15 is 0 Å². The summed E-state index contributed by atoms with van der Waals surface area (Å²) >= 11 is 17.1. The number of nitrogens with zero attached hydrogens (tertiary/aromatic N) is 14. The lowest BCUT2D eigenvalue weighted by Gasteiger charge is -2.29. The van der Waals surface area contributed by atoms with Crippen LogP contribution in [0.3, 0.4) is 0 Å². The minimum Gasteiger partial charge on any atom is -0.399 e. The fourth-order valence-corrected chi connectivity index (χ4v) is 12.6. The van der Waals surface area contributed by atoms with Gasteiger partial charge in [0.1, 0.15) is 22.4 Å². The molecule has 0 spiro atoms. The molecule has 0 amide bonds. The second-order valence-electron chi connectivity index (χ2n) is 25.2. The summed E-state index contributed by atoms with van der Waals surface area (Å²) in [4.78, 5) is 73.5. The third-order valence-corrected chi connectivity index (χ3v) is 18.3. The summed E-state index contributed by atoms with van der Waals surface area (Å²) in [7, 11) is 0. The van der Waals surface area contributed by atoms with Crippen LogP contribution in [-0.4, -0.2) is 161 Å². The number of aryl methyl sites for hydroxylation is 4. The average Bonchev–Trinajstić information content (AvgIpc) is 1.57. The number of imidazole rings is 3. The lowest BCUT2D eigenvalue weighted by Crippen LogP contribution is -2.36. The lowest BCUT2D eigenvalue weighted by molar-refractivity contribution is -0.385. The van der Waals surface area contributed by atoms with E-state index in [1.165, 1.54) is 88.8 Å². The molecule has 15 rings (SSSR count). The van der Waals surface area contributed by atoms with Crippen LogP contribution in [0.25, 0.3) is 33.5 Å². The fraction of sp³-hybridized carbons (Fsp3) is 0.382. The van der Waals surface area contributed by atoms with Gasteiger partial charge in [-0.15, -0.1) is 6.42 Å². The van der Waals surface area contributed by atoms with E-state index in [1.807, 2.05) is 19.1 Å². The number of halogens is 4. The molecular weight excluding hydrogens is 1440 g/mol. The molecule has 564 valence electrons. The first-order chi connectivity index (χ1) is 52.3. The molecule has 6 aromatic heterocycles. The summed E-state index contributed by atoms with van der Waals surface area (Å²) in [6.07, 6.45) is 22.1. The van der Waals surface area contributed by atoms with E-state index in [-0.39, 0.29) is 32.0 Å². The predicted octanol–water partition coefficient (Wildman–Crippen LogP) is 14.2. The first kappa shape index (κ1) is 80.9. The molecule has 5 aliphatic rings. The van der Waals surface area contributed by atoms with E-state index in [0.29, 0.717) is 51.6 Å². The highest BCUT2D eigenvalue weighted by Crippen LogP contribution is 2.31. The first-order valence-corrected chi connectivity index (χ1v) is 36.4. The Bertz CT molecular complexity index is 4890. The molecule has 3 saturated heterocycles. The normalized spacial score (nSPS) is 14.7. The van der Waals surface area contributed by atoms with Crippen LogP contribution in [0.5, 0.6) is 0 Å². The van der Waals surface area contributed by atoms with Gasteiger partial charge in [-0.2, -0.15) is 24.9 Å². The van der Waals surface area contributed by atoms with Gasteiger partial charge in [-0.3, -0.25) is 20.2 Å². The van der Waals surface area contributed by atoms with Crippen molar-refractivity contribution in [2.45, 2.75) is 111 Å². The molecule has 5 fully saturated rings. The van der Waals surface area contributed by atoms with E-state index in [4.69, 9.17) is 66.2 Å². The average molecular weight is 1530 g/mol. The molecule has 9 heterocycles. The Balaban J connectivity index is 0.000000152. The number of fused-ring (bicyclic) bond motifs is 3. The Morgan fingerprint density at radius 2 is 0.954 bits per heavy atom. The van der Waals surface area contributed by atoms with Crippen LogP contribution in [0.15, 0.2) is 91.8 Å². The van der Waals surface area contributed by atoms with E-state index < -0.39 is 10.7 Å². The van der Waals surface area contributed by atoms with Crippen LogP contribution in [-0.2, 0) is 14.2 Å². The molecule has 10 aromatic rings. The van der Waals surface area contributed by atoms with Gasteiger partial charge in [0.2, 0.25) is 16.5 Å². The van der Waals surface area contributed by atoms with Crippen LogP contribution < -0.4 is 36.4 Å². The molecule has 0 radical (unpaired) electrons. The highest BCUT2D eigenvalue weighted by molar-refractivity contribution is 6.35. The standard InChI is InChI=1S/C22H29N7O.C11H14ClN5.C11H14N2O3.C11H16N2O.C9H4.C7H6FNO2.C5H2Cl2N4/c1-15-13-17(29-9-11-30-12-10-29)7-8-18(15)26-22-27-20-19(23-14-24-20)21(28-22)25-16-5-3-2-4-6-16;12-11-16-9-8(13-6-14-9)10(17-11)15-7-4-2-1-3-5-7;1-9-8-10(2-3-11(9)13(14)15)12-4-6-16-7-5-12;1-9-8-10(2-3-11(9)12)13-4-6-14-7-5-13;1-3-5-7-9-8-6-4-2;1-5-4-6(8)2-3-7(5)9(10)11;6-3-2-4(9-1-8-2)11-5(7)10-3/h7-8,13-14,16H,2-6,9-12H2,1H3,(H3,23,24,25,26,27,28);6-7H,1-5H2,(H2,13,14,15,16,17);2-3,8H,4-7H2,1H3;2-3,8H,4-7,12H2,1H3;1H,2H3;2-4H,1H3;1H,(H,8,9,10,11). The van der Waals surface area contributed by atoms with Crippen molar-refractivity contribution in [3.8, 4) is 47.9 Å². The SMILES string of the molecule is C#CC#CC#CC#CC.Cc1cc(F)ccc1[N+](=O)[O-].Cc1cc(N2CCOCC2)ccc1N.Cc1cc(N2CCOCC2)ccc1Nc1nc(NC2CCCCC2)c2[nH]cnc2n1.Cc1cc(N2CCOCC2)ccc1[N+](=O)[O-].Clc1nc(Cl)c2[nH]cnc2n1.Clc1nc(NC2CCCCC2)c2[nH]cnc2n1. The number of hydrogen-bond donors (Lipinski definition) is 7. The number of morpholine rings is 3. The summed E-state index contributed by atoms with van der Waals surface area (Å²) in [5.41, 5.74) is 18.7. The third-order valence-electron chi connectivity index (χ3n) is 17.7. The molecule has 2 aliphatic carbocycles. The van der Waals surface area contributed by atoms with Gasteiger partial charge in [0.05, 0.1) is 68.5 Å². The summed E-state index contributed by atoms with van der Waals surface area (Å²) in [5.74, 6) is 18.7. The van der Waals surface area contributed by atoms with Gasteiger partial charge in [0, 0.05) is 103 Å². The summed E-state index contributed by atoms with van der Waals surface area (Å²) in [6, 6.07) is 22.2. The van der Waals surface area contributed by atoms with Gasteiger partial charge in [-0.05, 0) is 191 Å². The molecule has 28 nitrogen and oxygen atoms in total. The number of nitro groups is 2. The zero-order valence-electron chi connectivity index (χ0n) is 60.7. The van der Waals surface area contributed by atoms with E-state index in [0.717, 1.165) is 148 Å². The third kappa shape index (κ3) is 24.4. The number of aromatic amines is 3. The van der Waals surface area contributed by atoms with Crippen LogP contribution in [0.1, 0.15) is 93.4 Å². The summed E-state index contributed by atoms with van der Waals surface area (Å²) in [6.45, 7) is 19.3. The molecule has 4 aromatic carbocycles. The van der Waals surface area contributed by atoms with Crippen LogP contribution >= 0.6 is 34.8 Å². The molecule has 2 saturated carbocycles. The Morgan fingerprint density at radius 1 is 0.528 bits per heavy atom. The number of anilines is 8. The van der Waals surface area contributed by atoms with Crippen molar-refractivity contribution in [1.82, 2.24) is 59.8 Å². The molecular formula is C76H85Cl3FN21O7. The molecule has 108 heavy (non-hydrogen) atoms. The number of ether oxygens (including phenoxy) is 3. The Morgan fingerprint density at radius 3 is 1.44 bits per heavy atom. The maximum absolute atomic E-state index is 12.4. The van der Waals surface area contributed by atoms with Crippen molar-refractivity contribution < 1.29 is 28.4 Å². The second-order valence-corrected chi connectivity index (χ2v) is 26.2. The fourth-order valence-electron chi connectivity index (χ4n) is 12.0. The van der Waals surface area contributed by atoms with E-state index in [1.54, 1.807) is 38.6 Å². The zero-order valence-corrected chi connectivity index (χ0v) is 62.9. The minimum absolute atomic E-state index is 0.0496. The van der Waals surface area contributed by atoms with Crippen LogP contribution in [0, 0.1) is 102 Å². The maximum Gasteiger partial charge on any atom is 0.272 e. The van der Waals surface area contributed by atoms with E-state index in [9.17, 15) is 24.6 Å². The minimum atomic E-state index is -0.533. The van der Waals surface area contributed by atoms with Crippen molar-refractivity contribution in [2.75, 3.05) is 115 Å². The number of nitrogens with one attached hydrogen (secondary N) is 6. The number of benzene rings is 4. The van der Waals surface area contributed by atoms with Crippen molar-refractivity contribution in [3.05, 3.63) is 156 Å². The van der Waals surface area contributed by atoms with Gasteiger partial charge >= 0.3 is 0 Å². The van der Waals surface area contributed by atoms with Gasteiger partial charge in [0.25, 0.3) is 11.4 Å². The number of nitrogens with two attached hydrogens (primary N) is 1. The monoisotopic (exact) mass is 1530 g/mol. The number of aromatic nitrogens is 12. The van der Waals surface area contributed by atoms with Crippen LogP contribution in [0.2, 0.25) is 15.7 Å². The van der Waals surface area contributed by atoms with Crippen molar-refractivity contribution in [2.24, 2.45) is 0 Å². The van der Waals surface area contributed by atoms with E-state index in [2.05, 4.69) is 164 Å². The number of H-pyrrole nitrogens is 3. The quantitative estimate of drug-likeness (QED) is 0.0158. The van der Waals surface area contributed by atoms with Crippen LogP contribution in [0.4, 0.5) is 61.8 Å². The molecule has 3 aliphatic heterocycles. The second kappa shape index (κ2) is 41.7. The van der Waals surface area contributed by atoms with Gasteiger partial charge in [-0.25, -0.2) is 24.3 Å². The van der Waals surface area contributed by atoms with Crippen molar-refractivity contribution >= 4 is 126 Å². The van der Waals surface area contributed by atoms with Gasteiger partial charge < -0.3 is 65.5 Å². The number of rotatable bonds is 11. The molecule has 0 bridgehead atoms. The summed E-state index contributed by atoms with van der Waals surface area (Å²) in [5, 5.41) is 32.0. The number of nitro benzene ring substituents is 2. The number of nitrogen functional groups attached to an aromatic ring is 1. The highest BCUT2D eigenvalue weighted by Gasteiger charge is 2.22. The van der Waals surface area contributed by atoms with Crippen molar-refractivity contribution in [3.63, 3.8) is 0 Å². The molecule has 8 N–H and O–H groups in total. The molecule has 0 unspecified atom stereocenters. The Hall–Kier alpha value is -11.2. The zero-order chi connectivity index (χ0) is 76.7. The van der Waals surface area contributed by atoms with Crippen molar-refractivity contribution in [1.29, 1.82) is 0 Å². The van der Waals surface area contributed by atoms with Gasteiger partial charge in [-0.1, -0.05) is 56.0 Å². The number of terminal acetylenes is 1. The largest absolute Gasteiger partial charge is 0.399 e. The Kier molecular flexibility index (Phi) is 31.2. The maximum atomic E-state index is 12.4. The lowest BCUT2D eigenvalue weighted by atomic mass is 9.95. The molecule has 32 heteroatoms. The topological polar surface area (TPSA) is 349 Å². The Labute approximate surface area is 640 Å². The first-order valence-electron chi connectivity index (χ1n) is 35.2. The van der Waals surface area contributed by atoms with Gasteiger partial charge in [0.15, 0.2) is 33.7 Å².